The van der Waals surface area contributed by atoms with E-state index >= 15 is 0 Å². The number of fused-ring (bicyclic) bond motifs is 9. The second kappa shape index (κ2) is 10.2. The molecule has 3 heteroatoms. The number of hydrogen-bond acceptors (Lipinski definition) is 3. The monoisotopic (exact) mass is 668 g/mol. The molecular weight excluding hydrogens is 633 g/mol. The summed E-state index contributed by atoms with van der Waals surface area (Å²) in [6.07, 6.45) is 0. The summed E-state index contributed by atoms with van der Waals surface area (Å²) in [5.74, 6) is 1.50. The summed E-state index contributed by atoms with van der Waals surface area (Å²) in [5.41, 5.74) is 18.1. The van der Waals surface area contributed by atoms with Crippen molar-refractivity contribution in [3.63, 3.8) is 0 Å². The van der Waals surface area contributed by atoms with Crippen molar-refractivity contribution in [1.82, 2.24) is 4.98 Å². The van der Waals surface area contributed by atoms with E-state index in [9.17, 15) is 0 Å². The van der Waals surface area contributed by atoms with E-state index in [1.807, 2.05) is 0 Å². The normalized spacial score (nSPS) is 14.8. The standard InChI is InChI=1S/C49H36N2O/c1-48(2)40-17-7-5-13-34(40)36-25-23-32(27-42(36)48)51(33-24-26-37-35-14-6-8-18-41(35)49(3,4)43(37)28-33)31-21-19-30(20-22-31)47-50-45-38-15-9-11-29-12-10-16-39(44(29)38)46(45)52-47/h5-28H,1-4H3. The topological polar surface area (TPSA) is 29.3 Å². The Bertz CT molecular complexity index is 2640. The minimum Gasteiger partial charge on any atom is -0.435 e. The van der Waals surface area contributed by atoms with Crippen LogP contribution in [0.2, 0.25) is 0 Å². The molecule has 11 rings (SSSR count). The van der Waals surface area contributed by atoms with Gasteiger partial charge in [-0.2, -0.15) is 0 Å². The SMILES string of the molecule is CC1(C)c2ccccc2-c2ccc(N(c3ccc(-c4nc5c(o4)-c4cccc6cccc-5c46)cc3)c3ccc4c(c3)C(C)(C)c3ccccc3-4)cc21. The highest BCUT2D eigenvalue weighted by molar-refractivity contribution is 6.13. The molecule has 1 aromatic heterocycles. The van der Waals surface area contributed by atoms with Gasteiger partial charge in [-0.3, -0.25) is 0 Å². The second-order valence-electron chi connectivity index (χ2n) is 15.6. The molecule has 0 unspecified atom stereocenters. The lowest BCUT2D eigenvalue weighted by Crippen LogP contribution is -2.18. The number of anilines is 3. The maximum atomic E-state index is 6.54. The highest BCUT2D eigenvalue weighted by atomic mass is 16.4. The highest BCUT2D eigenvalue weighted by Crippen LogP contribution is 2.53. The summed E-state index contributed by atoms with van der Waals surface area (Å²) in [7, 11) is 0. The molecule has 0 radical (unpaired) electrons. The van der Waals surface area contributed by atoms with Crippen LogP contribution in [0.5, 0.6) is 0 Å². The number of aromatic nitrogens is 1. The molecule has 0 saturated heterocycles. The Kier molecular flexibility index (Phi) is 5.79. The van der Waals surface area contributed by atoms with Gasteiger partial charge in [-0.1, -0.05) is 125 Å². The van der Waals surface area contributed by atoms with Gasteiger partial charge in [0.25, 0.3) is 0 Å². The molecule has 0 fully saturated rings. The number of benzene rings is 7. The van der Waals surface area contributed by atoms with Gasteiger partial charge < -0.3 is 9.32 Å². The lowest BCUT2D eigenvalue weighted by Gasteiger charge is -2.29. The molecule has 248 valence electrons. The Morgan fingerprint density at radius 1 is 0.462 bits per heavy atom. The van der Waals surface area contributed by atoms with Crippen molar-refractivity contribution in [2.24, 2.45) is 0 Å². The Morgan fingerprint density at radius 3 is 1.56 bits per heavy atom. The van der Waals surface area contributed by atoms with E-state index in [0.29, 0.717) is 5.89 Å². The van der Waals surface area contributed by atoms with Gasteiger partial charge in [-0.15, -0.1) is 0 Å². The van der Waals surface area contributed by atoms with Crippen molar-refractivity contribution in [2.75, 3.05) is 4.90 Å². The lowest BCUT2D eigenvalue weighted by molar-refractivity contribution is 0.590. The first-order valence-electron chi connectivity index (χ1n) is 18.2. The zero-order valence-corrected chi connectivity index (χ0v) is 29.7. The van der Waals surface area contributed by atoms with Gasteiger partial charge in [0.05, 0.1) is 0 Å². The summed E-state index contributed by atoms with van der Waals surface area (Å²) < 4.78 is 6.54. The largest absolute Gasteiger partial charge is 0.435 e. The van der Waals surface area contributed by atoms with Gasteiger partial charge in [0.15, 0.2) is 5.76 Å². The summed E-state index contributed by atoms with van der Waals surface area (Å²) in [4.78, 5) is 7.47. The van der Waals surface area contributed by atoms with Gasteiger partial charge >= 0.3 is 0 Å². The fraction of sp³-hybridized carbons (Fsp3) is 0.122. The van der Waals surface area contributed by atoms with E-state index in [2.05, 4.69) is 178 Å². The van der Waals surface area contributed by atoms with Crippen LogP contribution >= 0.6 is 0 Å². The third kappa shape index (κ3) is 3.88. The Labute approximate surface area is 303 Å². The Hall–Kier alpha value is -6.19. The summed E-state index contributed by atoms with van der Waals surface area (Å²) in [6.45, 7) is 9.40. The average molecular weight is 669 g/mol. The van der Waals surface area contributed by atoms with Crippen LogP contribution in [-0.2, 0) is 10.8 Å². The van der Waals surface area contributed by atoms with Crippen LogP contribution in [0.15, 0.2) is 150 Å². The quantitative estimate of drug-likeness (QED) is 0.187. The maximum absolute atomic E-state index is 6.54. The second-order valence-corrected chi connectivity index (χ2v) is 15.6. The zero-order chi connectivity index (χ0) is 34.9. The first-order chi connectivity index (χ1) is 25.3. The van der Waals surface area contributed by atoms with Gasteiger partial charge in [-0.05, 0) is 98.4 Å². The van der Waals surface area contributed by atoms with Crippen molar-refractivity contribution in [1.29, 1.82) is 0 Å². The molecule has 8 aromatic rings. The third-order valence-electron chi connectivity index (χ3n) is 12.1. The molecule has 0 aliphatic heterocycles. The minimum atomic E-state index is -0.104. The number of oxazole rings is 1. The smallest absolute Gasteiger partial charge is 0.227 e. The Morgan fingerprint density at radius 2 is 0.962 bits per heavy atom. The van der Waals surface area contributed by atoms with Crippen molar-refractivity contribution < 1.29 is 4.42 Å². The number of rotatable bonds is 4. The lowest BCUT2D eigenvalue weighted by atomic mass is 9.82. The van der Waals surface area contributed by atoms with Gasteiger partial charge in [-0.25, -0.2) is 4.98 Å². The van der Waals surface area contributed by atoms with Crippen LogP contribution < -0.4 is 4.90 Å². The van der Waals surface area contributed by atoms with Crippen molar-refractivity contribution in [3.05, 3.63) is 168 Å². The van der Waals surface area contributed by atoms with Crippen LogP contribution in [0.4, 0.5) is 17.1 Å². The van der Waals surface area contributed by atoms with E-state index in [1.54, 1.807) is 0 Å². The predicted molar refractivity (Wildman–Crippen MR) is 214 cm³/mol. The van der Waals surface area contributed by atoms with Crippen LogP contribution in [-0.4, -0.2) is 4.98 Å². The first-order valence-corrected chi connectivity index (χ1v) is 18.2. The van der Waals surface area contributed by atoms with Crippen LogP contribution in [0, 0.1) is 0 Å². The maximum Gasteiger partial charge on any atom is 0.227 e. The third-order valence-corrected chi connectivity index (χ3v) is 12.1. The van der Waals surface area contributed by atoms with Crippen LogP contribution in [0.25, 0.3) is 67.1 Å². The molecule has 0 N–H and O–H groups in total. The molecule has 52 heavy (non-hydrogen) atoms. The fourth-order valence-corrected chi connectivity index (χ4v) is 9.40. The molecule has 1 heterocycles. The molecule has 3 aliphatic rings. The summed E-state index contributed by atoms with van der Waals surface area (Å²) in [5, 5.41) is 2.44. The van der Waals surface area contributed by atoms with Crippen LogP contribution in [0.1, 0.15) is 49.9 Å². The van der Waals surface area contributed by atoms with E-state index in [4.69, 9.17) is 9.40 Å². The van der Waals surface area contributed by atoms with E-state index in [-0.39, 0.29) is 10.8 Å². The predicted octanol–water partition coefficient (Wildman–Crippen LogP) is 13.2. The fourth-order valence-electron chi connectivity index (χ4n) is 9.40. The molecule has 0 bridgehead atoms. The van der Waals surface area contributed by atoms with Crippen molar-refractivity contribution >= 4 is 27.8 Å². The van der Waals surface area contributed by atoms with E-state index < -0.39 is 0 Å². The molecule has 0 atom stereocenters. The molecule has 0 saturated carbocycles. The zero-order valence-electron chi connectivity index (χ0n) is 29.7. The number of nitrogens with zero attached hydrogens (tertiary/aromatic N) is 2. The average Bonchev–Trinajstić information content (AvgIpc) is 3.87. The molecule has 0 spiro atoms. The molecule has 3 aliphatic carbocycles. The van der Waals surface area contributed by atoms with Gasteiger partial charge in [0.2, 0.25) is 5.89 Å². The van der Waals surface area contributed by atoms with Gasteiger partial charge in [0.1, 0.15) is 5.69 Å². The number of hydrogen-bond donors (Lipinski definition) is 0. The first kappa shape index (κ1) is 29.5. The van der Waals surface area contributed by atoms with Crippen molar-refractivity contribution in [2.45, 2.75) is 38.5 Å². The molecule has 3 nitrogen and oxygen atoms in total. The highest BCUT2D eigenvalue weighted by Gasteiger charge is 2.38. The van der Waals surface area contributed by atoms with E-state index in [0.717, 1.165) is 45.2 Å². The van der Waals surface area contributed by atoms with E-state index in [1.165, 1.54) is 55.3 Å². The van der Waals surface area contributed by atoms with Crippen LogP contribution in [0.3, 0.4) is 0 Å². The molecule has 0 amide bonds. The minimum absolute atomic E-state index is 0.104. The van der Waals surface area contributed by atoms with Gasteiger partial charge in [0, 0.05) is 50.0 Å². The molecule has 7 aromatic carbocycles. The summed E-state index contributed by atoms with van der Waals surface area (Å²) in [6, 6.07) is 53.2. The Balaban J connectivity index is 1.04. The summed E-state index contributed by atoms with van der Waals surface area (Å²) >= 11 is 0. The molecular formula is C49H36N2O. The van der Waals surface area contributed by atoms with Crippen molar-refractivity contribution in [3.8, 4) is 56.3 Å².